The monoisotopic (exact) mass is 341 g/mol. The second kappa shape index (κ2) is 6.72. The lowest BCUT2D eigenvalue weighted by Gasteiger charge is -2.11. The van der Waals surface area contributed by atoms with Crippen LogP contribution < -0.4 is 15.8 Å². The van der Waals surface area contributed by atoms with Crippen molar-refractivity contribution >= 4 is 27.7 Å². The number of benzene rings is 1. The van der Waals surface area contributed by atoms with E-state index < -0.39 is 0 Å². The number of aryl methyl sites for hydroxylation is 2. The molecule has 132 valence electrons. The van der Waals surface area contributed by atoms with Gasteiger partial charge in [0.15, 0.2) is 0 Å². The van der Waals surface area contributed by atoms with E-state index in [0.717, 1.165) is 22.8 Å². The number of amides is 1. The van der Waals surface area contributed by atoms with Crippen LogP contribution in [0.25, 0.3) is 21.8 Å². The Bertz CT molecular complexity index is 998. The molecule has 0 radical (unpaired) electrons. The zero-order valence-corrected chi connectivity index (χ0v) is 15.2. The summed E-state index contributed by atoms with van der Waals surface area (Å²) < 4.78 is 3.49. The molecule has 0 unspecified atom stereocenters. The number of para-hydroxylation sites is 1. The number of hydrogen-bond acceptors (Lipinski definition) is 2. The van der Waals surface area contributed by atoms with E-state index in [2.05, 4.69) is 5.32 Å². The molecule has 0 fully saturated rings. The number of nitrogens with zero attached hydrogens (tertiary/aromatic N) is 2. The van der Waals surface area contributed by atoms with Crippen molar-refractivity contribution < 1.29 is 9.69 Å². The van der Waals surface area contributed by atoms with Gasteiger partial charge in [0, 0.05) is 36.1 Å². The molecule has 0 bridgehead atoms. The molecule has 0 spiro atoms. The molecule has 6 heteroatoms. The van der Waals surface area contributed by atoms with Crippen molar-refractivity contribution in [2.45, 2.75) is 13.5 Å². The van der Waals surface area contributed by atoms with Crippen LogP contribution in [0.4, 0.5) is 0 Å². The van der Waals surface area contributed by atoms with Gasteiger partial charge in [-0.25, -0.2) is 0 Å². The normalized spacial score (nSPS) is 11.6. The molecular formula is C19H25N4O2+. The van der Waals surface area contributed by atoms with Gasteiger partial charge in [0.2, 0.25) is 0 Å². The van der Waals surface area contributed by atoms with Gasteiger partial charge in [-0.2, -0.15) is 0 Å². The molecule has 2 heterocycles. The topological polar surface area (TPSA) is 60.5 Å². The predicted molar refractivity (Wildman–Crippen MR) is 100 cm³/mol. The van der Waals surface area contributed by atoms with E-state index in [1.165, 1.54) is 4.90 Å². The third-order valence-electron chi connectivity index (χ3n) is 4.62. The van der Waals surface area contributed by atoms with Gasteiger partial charge >= 0.3 is 0 Å². The molecular weight excluding hydrogens is 316 g/mol. The van der Waals surface area contributed by atoms with Crippen molar-refractivity contribution in [3.8, 4) is 0 Å². The lowest BCUT2D eigenvalue weighted by Crippen LogP contribution is -3.06. The predicted octanol–water partition coefficient (Wildman–Crippen LogP) is 0.387. The fourth-order valence-electron chi connectivity index (χ4n) is 3.26. The highest BCUT2D eigenvalue weighted by atomic mass is 16.2. The van der Waals surface area contributed by atoms with Crippen LogP contribution in [0.3, 0.4) is 0 Å². The summed E-state index contributed by atoms with van der Waals surface area (Å²) in [5, 5.41) is 4.66. The molecule has 25 heavy (non-hydrogen) atoms. The van der Waals surface area contributed by atoms with Crippen LogP contribution in [0.15, 0.2) is 35.3 Å². The SMILES string of the molecule is CCn1cc(C(=O)NCC[NH+](C)C)c2c3ccccc3n(C)c2c1=O. The Balaban J connectivity index is 2.24. The van der Waals surface area contributed by atoms with Crippen molar-refractivity contribution in [2.24, 2.45) is 7.05 Å². The maximum absolute atomic E-state index is 12.8. The van der Waals surface area contributed by atoms with E-state index in [4.69, 9.17) is 0 Å². The summed E-state index contributed by atoms with van der Waals surface area (Å²) in [5.74, 6) is -0.134. The van der Waals surface area contributed by atoms with E-state index in [9.17, 15) is 9.59 Å². The second-order valence-corrected chi connectivity index (χ2v) is 6.65. The summed E-state index contributed by atoms with van der Waals surface area (Å²) in [5.41, 5.74) is 2.02. The average molecular weight is 341 g/mol. The van der Waals surface area contributed by atoms with Crippen molar-refractivity contribution in [3.63, 3.8) is 0 Å². The van der Waals surface area contributed by atoms with E-state index >= 15 is 0 Å². The second-order valence-electron chi connectivity index (χ2n) is 6.65. The van der Waals surface area contributed by atoms with Crippen LogP contribution >= 0.6 is 0 Å². The van der Waals surface area contributed by atoms with Crippen LogP contribution in [-0.4, -0.2) is 42.2 Å². The van der Waals surface area contributed by atoms with Gasteiger partial charge in [0.05, 0.1) is 32.7 Å². The Labute approximate surface area is 146 Å². The lowest BCUT2D eigenvalue weighted by molar-refractivity contribution is -0.856. The third kappa shape index (κ3) is 2.93. The van der Waals surface area contributed by atoms with Crippen molar-refractivity contribution in [1.82, 2.24) is 14.5 Å². The highest BCUT2D eigenvalue weighted by molar-refractivity contribution is 6.17. The maximum atomic E-state index is 12.8. The molecule has 1 amide bonds. The Kier molecular flexibility index (Phi) is 4.63. The number of carbonyl (C=O) groups is 1. The van der Waals surface area contributed by atoms with Crippen LogP contribution in [0.1, 0.15) is 17.3 Å². The van der Waals surface area contributed by atoms with E-state index in [0.29, 0.717) is 24.2 Å². The van der Waals surface area contributed by atoms with Crippen LogP contribution in [0.2, 0.25) is 0 Å². The van der Waals surface area contributed by atoms with Crippen molar-refractivity contribution in [1.29, 1.82) is 0 Å². The molecule has 6 nitrogen and oxygen atoms in total. The van der Waals surface area contributed by atoms with Gasteiger partial charge in [0.25, 0.3) is 11.5 Å². The van der Waals surface area contributed by atoms with Crippen LogP contribution in [-0.2, 0) is 13.6 Å². The summed E-state index contributed by atoms with van der Waals surface area (Å²) in [6, 6.07) is 7.82. The number of likely N-dealkylation sites (N-methyl/N-ethyl adjacent to an activating group) is 1. The number of pyridine rings is 1. The van der Waals surface area contributed by atoms with E-state index in [1.807, 2.05) is 56.9 Å². The molecule has 1 aromatic carbocycles. The lowest BCUT2D eigenvalue weighted by atomic mass is 10.1. The Morgan fingerprint density at radius 1 is 1.24 bits per heavy atom. The standard InChI is InChI=1S/C19H24N4O2/c1-5-23-12-14(18(24)20-10-11-21(2)3)16-13-8-6-7-9-15(13)22(4)17(16)19(23)25/h6-9,12H,5,10-11H2,1-4H3,(H,20,24)/p+1. The molecule has 0 aliphatic heterocycles. The zero-order valence-electron chi connectivity index (χ0n) is 15.2. The Hall–Kier alpha value is -2.60. The minimum absolute atomic E-state index is 0.0644. The van der Waals surface area contributed by atoms with Crippen molar-refractivity contribution in [2.75, 3.05) is 27.2 Å². The molecule has 0 aliphatic carbocycles. The molecule has 2 N–H and O–H groups in total. The highest BCUT2D eigenvalue weighted by Gasteiger charge is 2.20. The summed E-state index contributed by atoms with van der Waals surface area (Å²) in [4.78, 5) is 26.9. The first-order chi connectivity index (χ1) is 12.0. The van der Waals surface area contributed by atoms with Crippen molar-refractivity contribution in [3.05, 3.63) is 46.4 Å². The maximum Gasteiger partial charge on any atom is 0.275 e. The molecule has 3 rings (SSSR count). The summed E-state index contributed by atoms with van der Waals surface area (Å²) in [6.07, 6.45) is 1.69. The van der Waals surface area contributed by atoms with Gasteiger partial charge in [-0.1, -0.05) is 18.2 Å². The highest BCUT2D eigenvalue weighted by Crippen LogP contribution is 2.28. The van der Waals surface area contributed by atoms with Gasteiger partial charge in [0.1, 0.15) is 5.52 Å². The Morgan fingerprint density at radius 3 is 2.64 bits per heavy atom. The van der Waals surface area contributed by atoms with Gasteiger partial charge in [-0.05, 0) is 13.0 Å². The third-order valence-corrected chi connectivity index (χ3v) is 4.62. The fraction of sp³-hybridized carbons (Fsp3) is 0.368. The molecule has 3 aromatic rings. The largest absolute Gasteiger partial charge is 0.346 e. The summed E-state index contributed by atoms with van der Waals surface area (Å²) in [7, 11) is 5.97. The number of quaternary nitrogens is 1. The van der Waals surface area contributed by atoms with E-state index in [-0.39, 0.29) is 11.5 Å². The number of aromatic nitrogens is 2. The molecule has 0 aliphatic rings. The number of fused-ring (bicyclic) bond motifs is 3. The zero-order chi connectivity index (χ0) is 18.1. The quantitative estimate of drug-likeness (QED) is 0.705. The minimum atomic E-state index is -0.134. The molecule has 0 atom stereocenters. The first-order valence-electron chi connectivity index (χ1n) is 8.63. The number of rotatable bonds is 5. The number of hydrogen-bond donors (Lipinski definition) is 2. The molecule has 0 saturated carbocycles. The molecule has 2 aromatic heterocycles. The number of nitrogens with one attached hydrogen (secondary N) is 2. The molecule has 0 saturated heterocycles. The van der Waals surface area contributed by atoms with Gasteiger partial charge in [-0.3, -0.25) is 9.59 Å². The summed E-state index contributed by atoms with van der Waals surface area (Å²) >= 11 is 0. The smallest absolute Gasteiger partial charge is 0.275 e. The minimum Gasteiger partial charge on any atom is -0.346 e. The average Bonchev–Trinajstić information content (AvgIpc) is 2.89. The van der Waals surface area contributed by atoms with E-state index in [1.54, 1.807) is 10.8 Å². The van der Waals surface area contributed by atoms with Crippen LogP contribution in [0, 0.1) is 0 Å². The first kappa shape index (κ1) is 17.2. The Morgan fingerprint density at radius 2 is 1.96 bits per heavy atom. The van der Waals surface area contributed by atoms with Crippen LogP contribution in [0.5, 0.6) is 0 Å². The fourth-order valence-corrected chi connectivity index (χ4v) is 3.26. The number of carbonyl (C=O) groups excluding carboxylic acids is 1. The first-order valence-corrected chi connectivity index (χ1v) is 8.63. The van der Waals surface area contributed by atoms with Gasteiger partial charge in [-0.15, -0.1) is 0 Å². The summed E-state index contributed by atoms with van der Waals surface area (Å²) in [6.45, 7) is 3.88. The van der Waals surface area contributed by atoms with Gasteiger partial charge < -0.3 is 19.4 Å².